The normalized spacial score (nSPS) is 10.2. The lowest BCUT2D eigenvalue weighted by atomic mass is 10.2. The van der Waals surface area contributed by atoms with Crippen LogP contribution in [0, 0.1) is 19.3 Å². The number of hydrogen-bond donors (Lipinski definition) is 2. The third kappa shape index (κ3) is 5.85. The van der Waals surface area contributed by atoms with Crippen LogP contribution in [0.1, 0.15) is 11.1 Å². The maximum Gasteiger partial charge on any atom is 0.259 e. The molecule has 0 unspecified atom stereocenters. The minimum atomic E-state index is -0.230. The standard InChI is InChI=1S/C19H19N3O2/c1-3-11-24-18-6-4-5-16(12-18)13-21-22-19(23)14-20-17-9-7-15(2)8-10-17/h1,4-10,12-13,20H,11,14H2,2H3,(H,22,23)/b21-13-. The van der Waals surface area contributed by atoms with Crippen molar-refractivity contribution in [1.82, 2.24) is 5.43 Å². The van der Waals surface area contributed by atoms with Gasteiger partial charge < -0.3 is 10.1 Å². The lowest BCUT2D eigenvalue weighted by molar-refractivity contribution is -0.119. The smallest absolute Gasteiger partial charge is 0.259 e. The van der Waals surface area contributed by atoms with Gasteiger partial charge in [0.1, 0.15) is 12.4 Å². The molecule has 0 aromatic heterocycles. The first-order chi connectivity index (χ1) is 11.7. The van der Waals surface area contributed by atoms with E-state index in [1.54, 1.807) is 18.3 Å². The van der Waals surface area contributed by atoms with Crippen LogP contribution >= 0.6 is 0 Å². The number of ether oxygens (including phenoxy) is 1. The summed E-state index contributed by atoms with van der Waals surface area (Å²) in [6, 6.07) is 15.1. The number of nitrogens with one attached hydrogen (secondary N) is 2. The largest absolute Gasteiger partial charge is 0.481 e. The molecule has 2 rings (SSSR count). The fourth-order valence-corrected chi connectivity index (χ4v) is 1.88. The Hall–Kier alpha value is -3.26. The van der Waals surface area contributed by atoms with Crippen molar-refractivity contribution in [2.75, 3.05) is 18.5 Å². The molecule has 0 saturated carbocycles. The molecule has 2 N–H and O–H groups in total. The van der Waals surface area contributed by atoms with E-state index in [1.807, 2.05) is 43.3 Å². The molecular weight excluding hydrogens is 302 g/mol. The van der Waals surface area contributed by atoms with Crippen molar-refractivity contribution in [2.45, 2.75) is 6.92 Å². The molecule has 0 aliphatic carbocycles. The Morgan fingerprint density at radius 2 is 2.08 bits per heavy atom. The Labute approximate surface area is 141 Å². The van der Waals surface area contributed by atoms with Crippen LogP contribution in [0.4, 0.5) is 5.69 Å². The van der Waals surface area contributed by atoms with E-state index in [0.717, 1.165) is 11.3 Å². The third-order valence-electron chi connectivity index (χ3n) is 3.09. The summed E-state index contributed by atoms with van der Waals surface area (Å²) in [4.78, 5) is 11.7. The van der Waals surface area contributed by atoms with Gasteiger partial charge in [-0.2, -0.15) is 5.10 Å². The topological polar surface area (TPSA) is 62.7 Å². The van der Waals surface area contributed by atoms with Crippen molar-refractivity contribution in [1.29, 1.82) is 0 Å². The van der Waals surface area contributed by atoms with Gasteiger partial charge in [0.2, 0.25) is 0 Å². The maximum absolute atomic E-state index is 11.7. The van der Waals surface area contributed by atoms with Crippen molar-refractivity contribution in [2.24, 2.45) is 5.10 Å². The molecule has 0 spiro atoms. The Kier molecular flexibility index (Phi) is 6.42. The zero-order chi connectivity index (χ0) is 17.2. The summed E-state index contributed by atoms with van der Waals surface area (Å²) in [7, 11) is 0. The number of carbonyl (C=O) groups is 1. The predicted molar refractivity (Wildman–Crippen MR) is 96.2 cm³/mol. The number of anilines is 1. The molecule has 0 aliphatic rings. The lowest BCUT2D eigenvalue weighted by Gasteiger charge is -2.05. The Morgan fingerprint density at radius 3 is 2.83 bits per heavy atom. The highest BCUT2D eigenvalue weighted by molar-refractivity contribution is 5.84. The van der Waals surface area contributed by atoms with Crippen LogP contribution in [0.5, 0.6) is 5.75 Å². The lowest BCUT2D eigenvalue weighted by Crippen LogP contribution is -2.25. The van der Waals surface area contributed by atoms with Gasteiger partial charge in [-0.15, -0.1) is 6.42 Å². The molecule has 24 heavy (non-hydrogen) atoms. The monoisotopic (exact) mass is 321 g/mol. The van der Waals surface area contributed by atoms with E-state index in [9.17, 15) is 4.79 Å². The molecule has 5 heteroatoms. The average Bonchev–Trinajstić information content (AvgIpc) is 2.60. The van der Waals surface area contributed by atoms with Crippen LogP contribution in [0.3, 0.4) is 0 Å². The number of hydrogen-bond acceptors (Lipinski definition) is 4. The highest BCUT2D eigenvalue weighted by Gasteiger charge is 1.99. The van der Waals surface area contributed by atoms with Crippen molar-refractivity contribution in [3.8, 4) is 18.1 Å². The minimum Gasteiger partial charge on any atom is -0.481 e. The number of carbonyl (C=O) groups excluding carboxylic acids is 1. The van der Waals surface area contributed by atoms with Crippen molar-refractivity contribution in [3.63, 3.8) is 0 Å². The fourth-order valence-electron chi connectivity index (χ4n) is 1.88. The zero-order valence-corrected chi connectivity index (χ0v) is 13.5. The van der Waals surface area contributed by atoms with Gasteiger partial charge in [-0.05, 0) is 36.8 Å². The zero-order valence-electron chi connectivity index (χ0n) is 13.5. The second-order valence-electron chi connectivity index (χ2n) is 5.08. The first-order valence-corrected chi connectivity index (χ1v) is 7.46. The van der Waals surface area contributed by atoms with Gasteiger partial charge in [0, 0.05) is 5.69 Å². The first kappa shape index (κ1) is 17.1. The van der Waals surface area contributed by atoms with E-state index in [-0.39, 0.29) is 19.1 Å². The SMILES string of the molecule is C#CCOc1cccc(/C=N\NC(=O)CNc2ccc(C)cc2)c1. The number of rotatable bonds is 7. The number of nitrogens with zero attached hydrogens (tertiary/aromatic N) is 1. The Morgan fingerprint density at radius 1 is 1.29 bits per heavy atom. The summed E-state index contributed by atoms with van der Waals surface area (Å²) in [5.74, 6) is 2.83. The molecule has 2 aromatic rings. The third-order valence-corrected chi connectivity index (χ3v) is 3.09. The van der Waals surface area contributed by atoms with Gasteiger partial charge in [-0.1, -0.05) is 35.7 Å². The van der Waals surface area contributed by atoms with E-state index < -0.39 is 0 Å². The van der Waals surface area contributed by atoms with Crippen molar-refractivity contribution >= 4 is 17.8 Å². The number of amides is 1. The first-order valence-electron chi connectivity index (χ1n) is 7.46. The number of aryl methyl sites for hydroxylation is 1. The van der Waals surface area contributed by atoms with Gasteiger partial charge in [-0.25, -0.2) is 5.43 Å². The molecule has 0 fully saturated rings. The molecular formula is C19H19N3O2. The second kappa shape index (κ2) is 9.01. The van der Waals surface area contributed by atoms with Crippen LogP contribution in [0.15, 0.2) is 53.6 Å². The molecule has 0 radical (unpaired) electrons. The summed E-state index contributed by atoms with van der Waals surface area (Å²) in [6.07, 6.45) is 6.70. The van der Waals surface area contributed by atoms with E-state index in [4.69, 9.17) is 11.2 Å². The Balaban J connectivity index is 1.79. The highest BCUT2D eigenvalue weighted by atomic mass is 16.5. The summed E-state index contributed by atoms with van der Waals surface area (Å²) in [5, 5.41) is 6.96. The molecule has 0 saturated heterocycles. The summed E-state index contributed by atoms with van der Waals surface area (Å²) in [5.41, 5.74) is 5.33. The van der Waals surface area contributed by atoms with Crippen LogP contribution in [-0.4, -0.2) is 25.3 Å². The van der Waals surface area contributed by atoms with Crippen LogP contribution < -0.4 is 15.5 Å². The van der Waals surface area contributed by atoms with Crippen LogP contribution in [-0.2, 0) is 4.79 Å². The fraction of sp³-hybridized carbons (Fsp3) is 0.158. The molecule has 122 valence electrons. The number of hydrazone groups is 1. The van der Waals surface area contributed by atoms with E-state index in [0.29, 0.717) is 5.75 Å². The molecule has 2 aromatic carbocycles. The number of terminal acetylenes is 1. The highest BCUT2D eigenvalue weighted by Crippen LogP contribution is 2.11. The van der Waals surface area contributed by atoms with Crippen LogP contribution in [0.25, 0.3) is 0 Å². The molecule has 0 bridgehead atoms. The molecule has 0 aliphatic heterocycles. The summed E-state index contributed by atoms with van der Waals surface area (Å²) in [6.45, 7) is 2.37. The van der Waals surface area contributed by atoms with E-state index >= 15 is 0 Å². The van der Waals surface area contributed by atoms with Gasteiger partial charge in [0.25, 0.3) is 5.91 Å². The predicted octanol–water partition coefficient (Wildman–Crippen LogP) is 2.57. The van der Waals surface area contributed by atoms with Crippen molar-refractivity contribution < 1.29 is 9.53 Å². The van der Waals surface area contributed by atoms with E-state index in [2.05, 4.69) is 21.8 Å². The van der Waals surface area contributed by atoms with Gasteiger partial charge in [-0.3, -0.25) is 4.79 Å². The Bertz CT molecular complexity index is 746. The minimum absolute atomic E-state index is 0.145. The van der Waals surface area contributed by atoms with Crippen molar-refractivity contribution in [3.05, 3.63) is 59.7 Å². The molecule has 0 heterocycles. The quantitative estimate of drug-likeness (QED) is 0.468. The van der Waals surface area contributed by atoms with Gasteiger partial charge in [0.05, 0.1) is 12.8 Å². The average molecular weight is 321 g/mol. The molecule has 1 amide bonds. The van der Waals surface area contributed by atoms with E-state index in [1.165, 1.54) is 5.56 Å². The molecule has 0 atom stereocenters. The van der Waals surface area contributed by atoms with Crippen LogP contribution in [0.2, 0.25) is 0 Å². The second-order valence-corrected chi connectivity index (χ2v) is 5.08. The maximum atomic E-state index is 11.7. The molecule has 5 nitrogen and oxygen atoms in total. The summed E-state index contributed by atoms with van der Waals surface area (Å²) >= 11 is 0. The van der Waals surface area contributed by atoms with Gasteiger partial charge in [0.15, 0.2) is 0 Å². The number of benzene rings is 2. The summed E-state index contributed by atoms with van der Waals surface area (Å²) < 4.78 is 5.32. The van der Waals surface area contributed by atoms with Gasteiger partial charge >= 0.3 is 0 Å².